The smallest absolute Gasteiger partial charge is 0.338 e. The van der Waals surface area contributed by atoms with Gasteiger partial charge >= 0.3 is 5.97 Å². The van der Waals surface area contributed by atoms with Crippen LogP contribution < -0.4 is 14.9 Å². The highest BCUT2D eigenvalue weighted by molar-refractivity contribution is 7.07. The van der Waals surface area contributed by atoms with Crippen molar-refractivity contribution in [2.45, 2.75) is 13.0 Å². The number of rotatable bonds is 3. The molecule has 1 atom stereocenters. The number of thiazole rings is 1. The van der Waals surface area contributed by atoms with Crippen LogP contribution in [-0.2, 0) is 9.53 Å². The number of methoxy groups -OCH3 is 1. The van der Waals surface area contributed by atoms with Gasteiger partial charge < -0.3 is 4.74 Å². The van der Waals surface area contributed by atoms with Crippen LogP contribution in [-0.4, -0.2) is 17.6 Å². The van der Waals surface area contributed by atoms with E-state index in [1.165, 1.54) is 18.4 Å². The lowest BCUT2D eigenvalue weighted by Crippen LogP contribution is -2.39. The monoisotopic (exact) mass is 424 g/mol. The number of hydrogen-bond acceptors (Lipinski definition) is 5. The number of carbonyl (C=O) groups excluding carboxylic acids is 1. The van der Waals surface area contributed by atoms with Gasteiger partial charge in [-0.1, -0.05) is 65.4 Å². The van der Waals surface area contributed by atoms with E-state index in [9.17, 15) is 9.59 Å². The summed E-state index contributed by atoms with van der Waals surface area (Å²) in [6.07, 6.45) is 1.80. The Bertz CT molecular complexity index is 1290. The highest BCUT2D eigenvalue weighted by Gasteiger charge is 2.32. The Morgan fingerprint density at radius 1 is 1.17 bits per heavy atom. The number of fused-ring (bicyclic) bond motifs is 1. The summed E-state index contributed by atoms with van der Waals surface area (Å²) < 4.78 is 7.10. The van der Waals surface area contributed by atoms with Gasteiger partial charge in [-0.3, -0.25) is 9.36 Å². The highest BCUT2D eigenvalue weighted by atomic mass is 35.5. The van der Waals surface area contributed by atoms with Crippen LogP contribution in [0.3, 0.4) is 0 Å². The normalized spacial score (nSPS) is 16.4. The number of ether oxygens (including phenoxy) is 1. The molecule has 7 heteroatoms. The molecule has 0 fully saturated rings. The second kappa shape index (κ2) is 7.81. The summed E-state index contributed by atoms with van der Waals surface area (Å²) in [5.41, 5.74) is 2.39. The van der Waals surface area contributed by atoms with Gasteiger partial charge in [-0.15, -0.1) is 0 Å². The number of nitrogens with zero attached hydrogens (tertiary/aromatic N) is 2. The molecule has 0 aliphatic carbocycles. The van der Waals surface area contributed by atoms with Gasteiger partial charge in [0.1, 0.15) is 0 Å². The van der Waals surface area contributed by atoms with E-state index in [1.54, 1.807) is 29.7 Å². The first kappa shape index (κ1) is 19.4. The van der Waals surface area contributed by atoms with Crippen molar-refractivity contribution < 1.29 is 9.53 Å². The molecule has 0 bridgehead atoms. The molecule has 0 unspecified atom stereocenters. The Labute approximate surface area is 175 Å². The van der Waals surface area contributed by atoms with E-state index in [1.807, 2.05) is 42.5 Å². The molecule has 0 N–H and O–H groups in total. The minimum Gasteiger partial charge on any atom is -0.466 e. The van der Waals surface area contributed by atoms with Crippen LogP contribution in [0.15, 0.2) is 75.7 Å². The van der Waals surface area contributed by atoms with Crippen molar-refractivity contribution >= 4 is 35.0 Å². The van der Waals surface area contributed by atoms with E-state index >= 15 is 0 Å². The first-order valence-corrected chi connectivity index (χ1v) is 10.1. The third-order valence-electron chi connectivity index (χ3n) is 4.71. The zero-order valence-electron chi connectivity index (χ0n) is 15.8. The van der Waals surface area contributed by atoms with E-state index in [-0.39, 0.29) is 5.56 Å². The molecule has 146 valence electrons. The lowest BCUT2D eigenvalue weighted by Gasteiger charge is -2.24. The van der Waals surface area contributed by atoms with Crippen molar-refractivity contribution in [1.29, 1.82) is 0 Å². The van der Waals surface area contributed by atoms with Gasteiger partial charge in [0.25, 0.3) is 5.56 Å². The Kier molecular flexibility index (Phi) is 5.22. The van der Waals surface area contributed by atoms with Gasteiger partial charge in [0, 0.05) is 5.02 Å². The summed E-state index contributed by atoms with van der Waals surface area (Å²) >= 11 is 7.24. The van der Waals surface area contributed by atoms with Crippen LogP contribution in [0.2, 0.25) is 5.02 Å². The SMILES string of the molecule is COC(=O)C1=C(C)N=c2s/c(=C/c3ccc(Cl)cc3)c(=O)n2[C@@H]1c1ccccc1. The Balaban J connectivity index is 1.97. The first-order valence-electron chi connectivity index (χ1n) is 8.91. The molecule has 3 aromatic rings. The van der Waals surface area contributed by atoms with Crippen LogP contribution >= 0.6 is 22.9 Å². The lowest BCUT2D eigenvalue weighted by molar-refractivity contribution is -0.136. The number of aromatic nitrogens is 1. The maximum absolute atomic E-state index is 13.3. The van der Waals surface area contributed by atoms with E-state index in [0.29, 0.717) is 25.6 Å². The fraction of sp³-hybridized carbons (Fsp3) is 0.136. The minimum atomic E-state index is -0.590. The zero-order chi connectivity index (χ0) is 20.5. The van der Waals surface area contributed by atoms with Gasteiger partial charge in [-0.05, 0) is 36.3 Å². The van der Waals surface area contributed by atoms with Crippen molar-refractivity contribution in [3.8, 4) is 0 Å². The maximum atomic E-state index is 13.3. The number of esters is 1. The molecule has 0 saturated carbocycles. The molecule has 29 heavy (non-hydrogen) atoms. The summed E-state index contributed by atoms with van der Waals surface area (Å²) in [5, 5.41) is 0.631. The van der Waals surface area contributed by atoms with Gasteiger partial charge in [0.2, 0.25) is 0 Å². The predicted octanol–water partition coefficient (Wildman–Crippen LogP) is 3.06. The zero-order valence-corrected chi connectivity index (χ0v) is 17.3. The van der Waals surface area contributed by atoms with Gasteiger partial charge in [-0.25, -0.2) is 9.79 Å². The summed E-state index contributed by atoms with van der Waals surface area (Å²) in [7, 11) is 1.33. The van der Waals surface area contributed by atoms with Crippen LogP contribution in [0.1, 0.15) is 24.1 Å². The fourth-order valence-corrected chi connectivity index (χ4v) is 4.53. The lowest BCUT2D eigenvalue weighted by atomic mass is 9.96. The molecular formula is C22H17ClN2O3S. The summed E-state index contributed by atoms with van der Waals surface area (Å²) in [6.45, 7) is 1.76. The minimum absolute atomic E-state index is 0.202. The van der Waals surface area contributed by atoms with E-state index in [2.05, 4.69) is 4.99 Å². The molecule has 4 rings (SSSR count). The summed E-state index contributed by atoms with van der Waals surface area (Å²) in [4.78, 5) is 30.9. The maximum Gasteiger partial charge on any atom is 0.338 e. The second-order valence-electron chi connectivity index (χ2n) is 6.54. The fourth-order valence-electron chi connectivity index (χ4n) is 3.35. The predicted molar refractivity (Wildman–Crippen MR) is 114 cm³/mol. The molecule has 5 nitrogen and oxygen atoms in total. The standard InChI is InChI=1S/C22H17ClN2O3S/c1-13-18(21(27)28-2)19(15-6-4-3-5-7-15)25-20(26)17(29-22(25)24-13)12-14-8-10-16(23)11-9-14/h3-12,19H,1-2H3/b17-12+/t19-/m1/s1. The van der Waals surface area contributed by atoms with Crippen molar-refractivity contribution in [3.05, 3.63) is 102 Å². The molecule has 0 spiro atoms. The first-order chi connectivity index (χ1) is 14.0. The van der Waals surface area contributed by atoms with Crippen LogP contribution in [0.25, 0.3) is 6.08 Å². The Hall–Kier alpha value is -2.96. The largest absolute Gasteiger partial charge is 0.466 e. The van der Waals surface area contributed by atoms with E-state index in [0.717, 1.165) is 11.1 Å². The molecule has 0 amide bonds. The average molecular weight is 425 g/mol. The number of hydrogen-bond donors (Lipinski definition) is 0. The Morgan fingerprint density at radius 3 is 2.52 bits per heavy atom. The quantitative estimate of drug-likeness (QED) is 0.607. The van der Waals surface area contributed by atoms with Crippen molar-refractivity contribution in [1.82, 2.24) is 4.57 Å². The van der Waals surface area contributed by atoms with Crippen LogP contribution in [0, 0.1) is 0 Å². The van der Waals surface area contributed by atoms with Gasteiger partial charge in [0.15, 0.2) is 4.80 Å². The number of halogens is 1. The summed E-state index contributed by atoms with van der Waals surface area (Å²) in [6, 6.07) is 16.1. The van der Waals surface area contributed by atoms with Crippen molar-refractivity contribution in [2.24, 2.45) is 4.99 Å². The van der Waals surface area contributed by atoms with E-state index < -0.39 is 12.0 Å². The van der Waals surface area contributed by atoms with Crippen LogP contribution in [0.5, 0.6) is 0 Å². The molecule has 1 aliphatic rings. The third-order valence-corrected chi connectivity index (χ3v) is 5.94. The highest BCUT2D eigenvalue weighted by Crippen LogP contribution is 2.30. The van der Waals surface area contributed by atoms with Gasteiger partial charge in [-0.2, -0.15) is 0 Å². The average Bonchev–Trinajstić information content (AvgIpc) is 3.03. The molecule has 0 radical (unpaired) electrons. The number of benzene rings is 2. The molecule has 2 aromatic carbocycles. The summed E-state index contributed by atoms with van der Waals surface area (Å²) in [5.74, 6) is -0.493. The molecule has 1 aliphatic heterocycles. The second-order valence-corrected chi connectivity index (χ2v) is 7.98. The number of carbonyl (C=O) groups is 1. The topological polar surface area (TPSA) is 60.7 Å². The van der Waals surface area contributed by atoms with Crippen LogP contribution in [0.4, 0.5) is 0 Å². The van der Waals surface area contributed by atoms with Gasteiger partial charge in [0.05, 0.1) is 29.0 Å². The number of allylic oxidation sites excluding steroid dienone is 1. The van der Waals surface area contributed by atoms with E-state index in [4.69, 9.17) is 16.3 Å². The molecule has 0 saturated heterocycles. The third kappa shape index (κ3) is 3.57. The van der Waals surface area contributed by atoms with Crippen molar-refractivity contribution in [2.75, 3.05) is 7.11 Å². The molecule has 2 heterocycles. The van der Waals surface area contributed by atoms with Crippen molar-refractivity contribution in [3.63, 3.8) is 0 Å². The Morgan fingerprint density at radius 2 is 1.86 bits per heavy atom. The molecule has 1 aromatic heterocycles. The molecular weight excluding hydrogens is 408 g/mol.